The van der Waals surface area contributed by atoms with Crippen molar-refractivity contribution in [3.05, 3.63) is 41.0 Å². The fraction of sp³-hybridized carbons (Fsp3) is 0.500. The number of hydrogen-bond donors (Lipinski definition) is 0. The maximum atomic E-state index is 2.61. The summed E-state index contributed by atoms with van der Waals surface area (Å²) in [5.74, 6) is 0. The molecule has 0 radical (unpaired) electrons. The summed E-state index contributed by atoms with van der Waals surface area (Å²) in [7, 11) is 0. The minimum atomic E-state index is 1.17. The molecule has 1 saturated heterocycles. The molecule has 0 atom stereocenters. The maximum absolute atomic E-state index is 2.61. The number of fused-ring (bicyclic) bond motifs is 1. The summed E-state index contributed by atoms with van der Waals surface area (Å²) in [5.41, 5.74) is 6.25. The first-order valence-electron chi connectivity index (χ1n) is 6.84. The lowest BCUT2D eigenvalue weighted by Crippen LogP contribution is -2.20. The molecule has 0 amide bonds. The molecular weight excluding hydrogens is 206 g/mol. The van der Waals surface area contributed by atoms with Gasteiger partial charge < -0.3 is 4.90 Å². The lowest BCUT2D eigenvalue weighted by molar-refractivity contribution is 0.348. The SMILES string of the molecule is CC1=C(CCN2CCCC2)c2ccccc2C1. The molecule has 0 spiro atoms. The van der Waals surface area contributed by atoms with Gasteiger partial charge in [0.15, 0.2) is 0 Å². The Morgan fingerprint density at radius 3 is 2.71 bits per heavy atom. The van der Waals surface area contributed by atoms with Gasteiger partial charge in [-0.2, -0.15) is 0 Å². The monoisotopic (exact) mass is 227 g/mol. The van der Waals surface area contributed by atoms with Crippen LogP contribution in [-0.4, -0.2) is 24.5 Å². The highest BCUT2D eigenvalue weighted by atomic mass is 15.1. The molecule has 0 bridgehead atoms. The number of benzene rings is 1. The van der Waals surface area contributed by atoms with E-state index in [1.807, 2.05) is 0 Å². The third kappa shape index (κ3) is 2.16. The summed E-state index contributed by atoms with van der Waals surface area (Å²) in [6.45, 7) is 6.18. The molecule has 0 saturated carbocycles. The first kappa shape index (κ1) is 11.0. The number of rotatable bonds is 3. The highest BCUT2D eigenvalue weighted by Gasteiger charge is 2.19. The van der Waals surface area contributed by atoms with Crippen LogP contribution in [0.15, 0.2) is 29.8 Å². The highest BCUT2D eigenvalue weighted by molar-refractivity contribution is 5.76. The van der Waals surface area contributed by atoms with E-state index in [0.29, 0.717) is 0 Å². The summed E-state index contributed by atoms with van der Waals surface area (Å²) in [6, 6.07) is 8.91. The molecule has 17 heavy (non-hydrogen) atoms. The van der Waals surface area contributed by atoms with Crippen LogP contribution in [-0.2, 0) is 6.42 Å². The van der Waals surface area contributed by atoms with E-state index in [1.54, 1.807) is 11.1 Å². The molecule has 1 aliphatic heterocycles. The summed E-state index contributed by atoms with van der Waals surface area (Å²) in [4.78, 5) is 2.61. The van der Waals surface area contributed by atoms with Crippen LogP contribution in [0.2, 0.25) is 0 Å². The lowest BCUT2D eigenvalue weighted by Gasteiger charge is -2.15. The smallest absolute Gasteiger partial charge is 0.00220 e. The minimum Gasteiger partial charge on any atom is -0.303 e. The molecule has 1 aliphatic carbocycles. The van der Waals surface area contributed by atoms with Crippen LogP contribution in [0, 0.1) is 0 Å². The van der Waals surface area contributed by atoms with Gasteiger partial charge in [-0.1, -0.05) is 29.8 Å². The minimum absolute atomic E-state index is 1.17. The quantitative estimate of drug-likeness (QED) is 0.764. The lowest BCUT2D eigenvalue weighted by atomic mass is 10.0. The van der Waals surface area contributed by atoms with Gasteiger partial charge in [-0.3, -0.25) is 0 Å². The molecule has 2 aliphatic rings. The summed E-state index contributed by atoms with van der Waals surface area (Å²) < 4.78 is 0. The van der Waals surface area contributed by atoms with E-state index in [1.165, 1.54) is 56.4 Å². The molecule has 1 heteroatoms. The van der Waals surface area contributed by atoms with Gasteiger partial charge in [0.05, 0.1) is 0 Å². The predicted octanol–water partition coefficient (Wildman–Crippen LogP) is 3.50. The Morgan fingerprint density at radius 1 is 1.12 bits per heavy atom. The van der Waals surface area contributed by atoms with Gasteiger partial charge in [0.25, 0.3) is 0 Å². The first-order valence-corrected chi connectivity index (χ1v) is 6.84. The molecule has 1 fully saturated rings. The van der Waals surface area contributed by atoms with Crippen molar-refractivity contribution in [3.63, 3.8) is 0 Å². The average molecular weight is 227 g/mol. The van der Waals surface area contributed by atoms with E-state index >= 15 is 0 Å². The summed E-state index contributed by atoms with van der Waals surface area (Å²) in [6.07, 6.45) is 5.21. The van der Waals surface area contributed by atoms with Crippen LogP contribution in [0.5, 0.6) is 0 Å². The number of likely N-dealkylation sites (tertiary alicyclic amines) is 1. The van der Waals surface area contributed by atoms with Gasteiger partial charge >= 0.3 is 0 Å². The highest BCUT2D eigenvalue weighted by Crippen LogP contribution is 2.34. The molecule has 1 nitrogen and oxygen atoms in total. The zero-order valence-corrected chi connectivity index (χ0v) is 10.7. The van der Waals surface area contributed by atoms with Crippen molar-refractivity contribution in [2.24, 2.45) is 0 Å². The van der Waals surface area contributed by atoms with Crippen LogP contribution in [0.25, 0.3) is 5.57 Å². The molecule has 1 aromatic carbocycles. The average Bonchev–Trinajstić information content (AvgIpc) is 2.93. The van der Waals surface area contributed by atoms with Crippen molar-refractivity contribution < 1.29 is 0 Å². The van der Waals surface area contributed by atoms with Gasteiger partial charge in [-0.25, -0.2) is 0 Å². The van der Waals surface area contributed by atoms with E-state index in [9.17, 15) is 0 Å². The van der Waals surface area contributed by atoms with E-state index in [2.05, 4.69) is 36.1 Å². The predicted molar refractivity (Wildman–Crippen MR) is 73.0 cm³/mol. The molecule has 1 aromatic rings. The van der Waals surface area contributed by atoms with Gasteiger partial charge in [-0.15, -0.1) is 0 Å². The van der Waals surface area contributed by atoms with E-state index < -0.39 is 0 Å². The van der Waals surface area contributed by atoms with Crippen molar-refractivity contribution in [2.45, 2.75) is 32.6 Å². The van der Waals surface area contributed by atoms with Crippen molar-refractivity contribution in [1.82, 2.24) is 4.90 Å². The van der Waals surface area contributed by atoms with Crippen LogP contribution in [0.1, 0.15) is 37.3 Å². The Balaban J connectivity index is 1.72. The molecule has 0 N–H and O–H groups in total. The molecule has 3 rings (SSSR count). The van der Waals surface area contributed by atoms with Crippen LogP contribution in [0.3, 0.4) is 0 Å². The zero-order valence-electron chi connectivity index (χ0n) is 10.7. The number of hydrogen-bond acceptors (Lipinski definition) is 1. The molecule has 0 unspecified atom stereocenters. The maximum Gasteiger partial charge on any atom is 0.00220 e. The van der Waals surface area contributed by atoms with Crippen molar-refractivity contribution in [3.8, 4) is 0 Å². The van der Waals surface area contributed by atoms with Gasteiger partial charge in [0.2, 0.25) is 0 Å². The molecule has 1 heterocycles. The van der Waals surface area contributed by atoms with E-state index in [4.69, 9.17) is 0 Å². The standard InChI is InChI=1S/C16H21N/c1-13-12-14-6-2-3-7-16(14)15(13)8-11-17-9-4-5-10-17/h2-3,6-7H,4-5,8-12H2,1H3. The molecular formula is C16H21N. The Labute approximate surface area is 104 Å². The van der Waals surface area contributed by atoms with Crippen LogP contribution < -0.4 is 0 Å². The summed E-state index contributed by atoms with van der Waals surface area (Å²) >= 11 is 0. The van der Waals surface area contributed by atoms with Crippen molar-refractivity contribution in [1.29, 1.82) is 0 Å². The van der Waals surface area contributed by atoms with Crippen LogP contribution in [0.4, 0.5) is 0 Å². The number of allylic oxidation sites excluding steroid dienone is 1. The fourth-order valence-electron chi connectivity index (χ4n) is 3.22. The Bertz CT molecular complexity index is 439. The van der Waals surface area contributed by atoms with Crippen molar-refractivity contribution in [2.75, 3.05) is 19.6 Å². The second kappa shape index (κ2) is 4.66. The Morgan fingerprint density at radius 2 is 1.88 bits per heavy atom. The van der Waals surface area contributed by atoms with Crippen LogP contribution >= 0.6 is 0 Å². The second-order valence-electron chi connectivity index (χ2n) is 5.39. The van der Waals surface area contributed by atoms with Gasteiger partial charge in [-0.05, 0) is 62.4 Å². The molecule has 90 valence electrons. The third-order valence-electron chi connectivity index (χ3n) is 4.19. The largest absolute Gasteiger partial charge is 0.303 e. The Hall–Kier alpha value is -1.08. The van der Waals surface area contributed by atoms with E-state index in [0.717, 1.165) is 0 Å². The normalized spacial score (nSPS) is 20.1. The van der Waals surface area contributed by atoms with Gasteiger partial charge in [0.1, 0.15) is 0 Å². The Kier molecular flexibility index (Phi) is 3.02. The summed E-state index contributed by atoms with van der Waals surface area (Å²) in [5, 5.41) is 0. The van der Waals surface area contributed by atoms with Gasteiger partial charge in [0, 0.05) is 6.54 Å². The fourth-order valence-corrected chi connectivity index (χ4v) is 3.22. The number of nitrogens with zero attached hydrogens (tertiary/aromatic N) is 1. The first-order chi connectivity index (χ1) is 8.34. The second-order valence-corrected chi connectivity index (χ2v) is 5.39. The van der Waals surface area contributed by atoms with E-state index in [-0.39, 0.29) is 0 Å². The third-order valence-corrected chi connectivity index (χ3v) is 4.19. The van der Waals surface area contributed by atoms with Crippen molar-refractivity contribution >= 4 is 5.57 Å². The topological polar surface area (TPSA) is 3.24 Å². The zero-order chi connectivity index (χ0) is 11.7. The molecule has 0 aromatic heterocycles.